The van der Waals surface area contributed by atoms with Crippen LogP contribution >= 0.6 is 0 Å². The summed E-state index contributed by atoms with van der Waals surface area (Å²) in [4.78, 5) is 0. The minimum Gasteiger partial charge on any atom is -0.0990 e. The van der Waals surface area contributed by atoms with Gasteiger partial charge in [-0.1, -0.05) is 56.2 Å². The molecule has 0 heterocycles. The molecule has 76 valence electrons. The van der Waals surface area contributed by atoms with E-state index in [0.29, 0.717) is 0 Å². The molecule has 0 saturated heterocycles. The Kier molecular flexibility index (Phi) is 3.87. The lowest BCUT2D eigenvalue weighted by molar-refractivity contribution is 1.53. The predicted molar refractivity (Wildman–Crippen MR) is 68.6 cm³/mol. The third-order valence-corrected chi connectivity index (χ3v) is 2.28. The van der Waals surface area contributed by atoms with Gasteiger partial charge in [0.2, 0.25) is 0 Å². The van der Waals surface area contributed by atoms with Gasteiger partial charge in [0.05, 0.1) is 0 Å². The standard InChI is InChI=1S/C15H16/c1-5-9-12-11-13(10-6-2)15(8-4)14(12)7-3/h5-11H,1,3-4H2,2H3/b10-6+,12-9-. The van der Waals surface area contributed by atoms with Gasteiger partial charge >= 0.3 is 0 Å². The van der Waals surface area contributed by atoms with E-state index in [2.05, 4.69) is 31.9 Å². The summed E-state index contributed by atoms with van der Waals surface area (Å²) in [5.74, 6) is 0. The van der Waals surface area contributed by atoms with Gasteiger partial charge in [0.1, 0.15) is 0 Å². The van der Waals surface area contributed by atoms with Gasteiger partial charge in [-0.25, -0.2) is 0 Å². The van der Waals surface area contributed by atoms with Crippen LogP contribution in [0.15, 0.2) is 84.6 Å². The predicted octanol–water partition coefficient (Wildman–Crippen LogP) is 4.28. The SMILES string of the molecule is C=C/C=C1C=C(/C=C/C)C(C=C)=C/1C=C. The first-order valence-electron chi connectivity index (χ1n) is 4.95. The molecule has 0 fully saturated rings. The summed E-state index contributed by atoms with van der Waals surface area (Å²) in [7, 11) is 0. The third kappa shape index (κ3) is 2.16. The Labute approximate surface area is 92.0 Å². The zero-order chi connectivity index (χ0) is 11.3. The molecule has 0 aromatic carbocycles. The van der Waals surface area contributed by atoms with Crippen molar-refractivity contribution in [3.8, 4) is 0 Å². The Morgan fingerprint density at radius 1 is 1.07 bits per heavy atom. The number of allylic oxidation sites excluding steroid dienone is 11. The minimum atomic E-state index is 1.12. The van der Waals surface area contributed by atoms with Gasteiger partial charge in [0.15, 0.2) is 0 Å². The Morgan fingerprint density at radius 2 is 1.73 bits per heavy atom. The first-order valence-corrected chi connectivity index (χ1v) is 4.95. The molecule has 0 unspecified atom stereocenters. The van der Waals surface area contributed by atoms with Crippen molar-refractivity contribution < 1.29 is 0 Å². The molecule has 0 aliphatic heterocycles. The van der Waals surface area contributed by atoms with Crippen LogP contribution in [0.2, 0.25) is 0 Å². The van der Waals surface area contributed by atoms with Gasteiger partial charge in [0, 0.05) is 0 Å². The van der Waals surface area contributed by atoms with Crippen molar-refractivity contribution in [2.75, 3.05) is 0 Å². The Balaban J connectivity index is 3.33. The van der Waals surface area contributed by atoms with E-state index in [1.165, 1.54) is 5.57 Å². The molecular weight excluding hydrogens is 180 g/mol. The van der Waals surface area contributed by atoms with Crippen molar-refractivity contribution >= 4 is 0 Å². The Hall–Kier alpha value is -1.82. The van der Waals surface area contributed by atoms with Crippen LogP contribution in [0.3, 0.4) is 0 Å². The maximum atomic E-state index is 3.83. The maximum Gasteiger partial charge on any atom is -0.0111 e. The fraction of sp³-hybridized carbons (Fsp3) is 0.0667. The lowest BCUT2D eigenvalue weighted by atomic mass is 10.0. The fourth-order valence-electron chi connectivity index (χ4n) is 1.67. The molecule has 1 aliphatic carbocycles. The number of rotatable bonds is 4. The highest BCUT2D eigenvalue weighted by Crippen LogP contribution is 2.32. The van der Waals surface area contributed by atoms with Gasteiger partial charge in [0.25, 0.3) is 0 Å². The van der Waals surface area contributed by atoms with E-state index < -0.39 is 0 Å². The second kappa shape index (κ2) is 5.16. The van der Waals surface area contributed by atoms with Crippen LogP contribution in [0.4, 0.5) is 0 Å². The molecule has 0 nitrogen and oxygen atoms in total. The fourth-order valence-corrected chi connectivity index (χ4v) is 1.67. The lowest BCUT2D eigenvalue weighted by Gasteiger charge is -2.00. The van der Waals surface area contributed by atoms with Crippen molar-refractivity contribution in [3.05, 3.63) is 84.6 Å². The summed E-state index contributed by atoms with van der Waals surface area (Å²) in [6.07, 6.45) is 13.7. The molecule has 15 heavy (non-hydrogen) atoms. The van der Waals surface area contributed by atoms with Crippen LogP contribution < -0.4 is 0 Å². The monoisotopic (exact) mass is 196 g/mol. The topological polar surface area (TPSA) is 0 Å². The lowest BCUT2D eigenvalue weighted by Crippen LogP contribution is -1.82. The molecule has 0 amide bonds. The summed E-state index contributed by atoms with van der Waals surface area (Å²) >= 11 is 0. The van der Waals surface area contributed by atoms with E-state index in [0.717, 1.165) is 16.7 Å². The molecule has 1 aliphatic rings. The highest BCUT2D eigenvalue weighted by atomic mass is 14.2. The van der Waals surface area contributed by atoms with Gasteiger partial charge < -0.3 is 0 Å². The normalized spacial score (nSPS) is 18.5. The number of hydrogen-bond donors (Lipinski definition) is 0. The summed E-state index contributed by atoms with van der Waals surface area (Å²) in [5, 5.41) is 0. The highest BCUT2D eigenvalue weighted by Gasteiger charge is 2.14. The van der Waals surface area contributed by atoms with Gasteiger partial charge in [-0.3, -0.25) is 0 Å². The smallest absolute Gasteiger partial charge is 0.0111 e. The van der Waals surface area contributed by atoms with E-state index >= 15 is 0 Å². The largest absolute Gasteiger partial charge is 0.0990 e. The van der Waals surface area contributed by atoms with Crippen molar-refractivity contribution in [1.29, 1.82) is 0 Å². The van der Waals surface area contributed by atoms with Gasteiger partial charge in [-0.05, 0) is 35.3 Å². The first-order chi connectivity index (χ1) is 7.28. The zero-order valence-corrected chi connectivity index (χ0v) is 9.16. The molecule has 0 atom stereocenters. The quantitative estimate of drug-likeness (QED) is 0.629. The van der Waals surface area contributed by atoms with E-state index in [4.69, 9.17) is 0 Å². The van der Waals surface area contributed by atoms with Crippen LogP contribution in [0, 0.1) is 0 Å². The summed E-state index contributed by atoms with van der Waals surface area (Å²) in [6.45, 7) is 13.4. The molecule has 0 spiro atoms. The van der Waals surface area contributed by atoms with E-state index in [9.17, 15) is 0 Å². The van der Waals surface area contributed by atoms with Crippen LogP contribution in [-0.2, 0) is 0 Å². The van der Waals surface area contributed by atoms with Crippen molar-refractivity contribution in [1.82, 2.24) is 0 Å². The molecule has 0 radical (unpaired) electrons. The maximum absolute atomic E-state index is 3.83. The van der Waals surface area contributed by atoms with Crippen LogP contribution in [0.25, 0.3) is 0 Å². The molecule has 0 N–H and O–H groups in total. The van der Waals surface area contributed by atoms with E-state index in [1.807, 2.05) is 31.2 Å². The molecule has 0 aromatic rings. The molecule has 0 saturated carbocycles. The molecular formula is C15H16. The van der Waals surface area contributed by atoms with Crippen LogP contribution in [-0.4, -0.2) is 0 Å². The van der Waals surface area contributed by atoms with E-state index in [-0.39, 0.29) is 0 Å². The zero-order valence-electron chi connectivity index (χ0n) is 9.16. The van der Waals surface area contributed by atoms with Crippen molar-refractivity contribution in [2.24, 2.45) is 0 Å². The van der Waals surface area contributed by atoms with Crippen molar-refractivity contribution in [2.45, 2.75) is 6.92 Å². The second-order valence-electron chi connectivity index (χ2n) is 3.19. The third-order valence-electron chi connectivity index (χ3n) is 2.28. The number of hydrogen-bond acceptors (Lipinski definition) is 0. The molecule has 0 heteroatoms. The molecule has 0 aromatic heterocycles. The summed E-state index contributed by atoms with van der Waals surface area (Å²) in [6, 6.07) is 0. The Morgan fingerprint density at radius 3 is 2.20 bits per heavy atom. The van der Waals surface area contributed by atoms with Gasteiger partial charge in [-0.15, -0.1) is 0 Å². The molecule has 1 rings (SSSR count). The minimum absolute atomic E-state index is 1.12. The summed E-state index contributed by atoms with van der Waals surface area (Å²) in [5.41, 5.74) is 4.58. The average Bonchev–Trinajstić information content (AvgIpc) is 2.56. The van der Waals surface area contributed by atoms with Crippen molar-refractivity contribution in [3.63, 3.8) is 0 Å². The summed E-state index contributed by atoms with van der Waals surface area (Å²) < 4.78 is 0. The first kappa shape index (κ1) is 11.3. The Bertz CT molecular complexity index is 409. The van der Waals surface area contributed by atoms with Crippen LogP contribution in [0.5, 0.6) is 0 Å². The molecule has 0 bridgehead atoms. The average molecular weight is 196 g/mol. The van der Waals surface area contributed by atoms with Gasteiger partial charge in [-0.2, -0.15) is 0 Å². The second-order valence-corrected chi connectivity index (χ2v) is 3.19. The van der Waals surface area contributed by atoms with E-state index in [1.54, 1.807) is 6.08 Å². The van der Waals surface area contributed by atoms with Crippen LogP contribution in [0.1, 0.15) is 6.92 Å². The highest BCUT2D eigenvalue weighted by molar-refractivity contribution is 5.68.